The molecule has 0 saturated heterocycles. The Hall–Kier alpha value is -0.550. The van der Waals surface area contributed by atoms with Crippen LogP contribution < -0.4 is 5.73 Å². The van der Waals surface area contributed by atoms with Crippen LogP contribution in [-0.2, 0) is 4.79 Å². The molecular weight excluding hydrogens is 344 g/mol. The van der Waals surface area contributed by atoms with Crippen molar-refractivity contribution in [1.29, 1.82) is 0 Å². The molecule has 4 saturated carbocycles. The maximum atomic E-state index is 13.0. The summed E-state index contributed by atoms with van der Waals surface area (Å²) >= 11 is 1.87. The highest BCUT2D eigenvalue weighted by Crippen LogP contribution is 2.65. The SMILES string of the molecule is C[C@]12CCCCC1/C(=N/O)C[C@H]1[C@@H]3CCC(=O)[C@@]3(CSCCN)CC[C@@H]12. The van der Waals surface area contributed by atoms with Crippen molar-refractivity contribution in [3.63, 3.8) is 0 Å². The van der Waals surface area contributed by atoms with E-state index in [4.69, 9.17) is 5.73 Å². The summed E-state index contributed by atoms with van der Waals surface area (Å²) in [7, 11) is 0. The summed E-state index contributed by atoms with van der Waals surface area (Å²) in [6.07, 6.45) is 9.97. The van der Waals surface area contributed by atoms with Gasteiger partial charge in [-0.1, -0.05) is 24.9 Å². The summed E-state index contributed by atoms with van der Waals surface area (Å²) in [6.45, 7) is 3.15. The van der Waals surface area contributed by atoms with Gasteiger partial charge in [0.15, 0.2) is 0 Å². The lowest BCUT2D eigenvalue weighted by molar-refractivity contribution is -0.133. The lowest BCUT2D eigenvalue weighted by Gasteiger charge is -2.59. The zero-order valence-corrected chi connectivity index (χ0v) is 16.9. The van der Waals surface area contributed by atoms with Gasteiger partial charge in [0, 0.05) is 35.8 Å². The molecule has 0 bridgehead atoms. The third-order valence-corrected chi connectivity index (χ3v) is 9.82. The Kier molecular flexibility index (Phi) is 5.15. The fourth-order valence-electron chi connectivity index (χ4n) is 7.42. The van der Waals surface area contributed by atoms with E-state index in [-0.39, 0.29) is 10.8 Å². The van der Waals surface area contributed by atoms with Crippen molar-refractivity contribution in [3.8, 4) is 0 Å². The number of oxime groups is 1. The van der Waals surface area contributed by atoms with Gasteiger partial charge in [-0.25, -0.2) is 0 Å². The first kappa shape index (κ1) is 18.8. The largest absolute Gasteiger partial charge is 0.411 e. The van der Waals surface area contributed by atoms with Crippen LogP contribution in [0.5, 0.6) is 0 Å². The van der Waals surface area contributed by atoms with Crippen molar-refractivity contribution in [3.05, 3.63) is 0 Å². The molecule has 0 aliphatic heterocycles. The Balaban J connectivity index is 1.65. The minimum absolute atomic E-state index is 0.126. The third kappa shape index (κ3) is 2.68. The predicted octanol–water partition coefficient (Wildman–Crippen LogP) is 4.10. The number of carbonyl (C=O) groups is 1. The minimum Gasteiger partial charge on any atom is -0.411 e. The number of rotatable bonds is 4. The first-order valence-electron chi connectivity index (χ1n) is 10.6. The van der Waals surface area contributed by atoms with Crippen LogP contribution in [0.4, 0.5) is 0 Å². The lowest BCUT2D eigenvalue weighted by Crippen LogP contribution is -2.57. The van der Waals surface area contributed by atoms with Crippen LogP contribution >= 0.6 is 11.8 Å². The van der Waals surface area contributed by atoms with Gasteiger partial charge in [0.2, 0.25) is 0 Å². The molecule has 6 atom stereocenters. The fourth-order valence-corrected chi connectivity index (χ4v) is 8.61. The Labute approximate surface area is 161 Å². The van der Waals surface area contributed by atoms with Crippen LogP contribution in [0.1, 0.15) is 64.7 Å². The highest BCUT2D eigenvalue weighted by Gasteiger charge is 2.62. The molecule has 0 aromatic rings. The summed E-state index contributed by atoms with van der Waals surface area (Å²) in [5.41, 5.74) is 6.88. The molecule has 3 N–H and O–H groups in total. The molecule has 4 aliphatic carbocycles. The summed E-state index contributed by atoms with van der Waals surface area (Å²) in [5, 5.41) is 13.6. The van der Waals surface area contributed by atoms with Crippen molar-refractivity contribution >= 4 is 23.3 Å². The minimum atomic E-state index is -0.126. The van der Waals surface area contributed by atoms with Crippen molar-refractivity contribution < 1.29 is 10.0 Å². The number of carbonyl (C=O) groups excluding carboxylic acids is 1. The van der Waals surface area contributed by atoms with Gasteiger partial charge in [0.05, 0.1) is 5.71 Å². The van der Waals surface area contributed by atoms with Crippen LogP contribution in [0.15, 0.2) is 5.16 Å². The molecule has 4 fully saturated rings. The first-order chi connectivity index (χ1) is 12.6. The molecular formula is C21H34N2O2S. The van der Waals surface area contributed by atoms with Gasteiger partial charge in [-0.05, 0) is 61.7 Å². The molecule has 5 heteroatoms. The second-order valence-electron chi connectivity index (χ2n) is 9.47. The van der Waals surface area contributed by atoms with Gasteiger partial charge in [-0.3, -0.25) is 4.79 Å². The van der Waals surface area contributed by atoms with Crippen LogP contribution in [0.3, 0.4) is 0 Å². The molecule has 0 spiro atoms. The summed E-state index contributed by atoms with van der Waals surface area (Å²) in [4.78, 5) is 13.0. The van der Waals surface area contributed by atoms with Crippen LogP contribution in [0.2, 0.25) is 0 Å². The number of hydrogen-bond acceptors (Lipinski definition) is 5. The summed E-state index contributed by atoms with van der Waals surface area (Å²) in [5.74, 6) is 4.56. The summed E-state index contributed by atoms with van der Waals surface area (Å²) in [6, 6.07) is 0. The average molecular weight is 379 g/mol. The number of Topliss-reactive ketones (excluding diaryl/α,β-unsaturated/α-hetero) is 1. The normalized spacial score (nSPS) is 46.7. The topological polar surface area (TPSA) is 75.7 Å². The third-order valence-electron chi connectivity index (χ3n) is 8.58. The van der Waals surface area contributed by atoms with Gasteiger partial charge in [-0.2, -0.15) is 11.8 Å². The molecule has 26 heavy (non-hydrogen) atoms. The van der Waals surface area contributed by atoms with E-state index in [9.17, 15) is 10.0 Å². The van der Waals surface area contributed by atoms with E-state index >= 15 is 0 Å². The van der Waals surface area contributed by atoms with Gasteiger partial charge in [0.1, 0.15) is 5.78 Å². The Morgan fingerprint density at radius 1 is 1.23 bits per heavy atom. The molecule has 146 valence electrons. The van der Waals surface area contributed by atoms with Gasteiger partial charge < -0.3 is 10.9 Å². The molecule has 4 nitrogen and oxygen atoms in total. The van der Waals surface area contributed by atoms with E-state index in [0.717, 1.165) is 42.9 Å². The first-order valence-corrected chi connectivity index (χ1v) is 11.7. The smallest absolute Gasteiger partial charge is 0.140 e. The Morgan fingerprint density at radius 2 is 2.08 bits per heavy atom. The number of ketones is 1. The predicted molar refractivity (Wildman–Crippen MR) is 107 cm³/mol. The van der Waals surface area contributed by atoms with Crippen LogP contribution in [-0.4, -0.2) is 34.8 Å². The van der Waals surface area contributed by atoms with E-state index in [1.807, 2.05) is 11.8 Å². The molecule has 4 rings (SSSR count). The number of fused-ring (bicyclic) bond motifs is 5. The molecule has 0 amide bonds. The fraction of sp³-hybridized carbons (Fsp3) is 0.905. The maximum Gasteiger partial charge on any atom is 0.140 e. The quantitative estimate of drug-likeness (QED) is 0.439. The Bertz CT molecular complexity index is 595. The average Bonchev–Trinajstić information content (AvgIpc) is 2.98. The van der Waals surface area contributed by atoms with E-state index in [0.29, 0.717) is 36.0 Å². The molecule has 1 unspecified atom stereocenters. The zero-order valence-electron chi connectivity index (χ0n) is 16.1. The number of hydrogen-bond donors (Lipinski definition) is 2. The van der Waals surface area contributed by atoms with Gasteiger partial charge in [-0.15, -0.1) is 0 Å². The van der Waals surface area contributed by atoms with Crippen LogP contribution in [0, 0.1) is 34.5 Å². The molecule has 4 aliphatic rings. The molecule has 0 aromatic heterocycles. The highest BCUT2D eigenvalue weighted by atomic mass is 32.2. The number of thioether (sulfide) groups is 1. The monoisotopic (exact) mass is 378 g/mol. The molecule has 0 aromatic carbocycles. The van der Waals surface area contributed by atoms with Crippen molar-refractivity contribution in [2.45, 2.75) is 64.7 Å². The van der Waals surface area contributed by atoms with Crippen molar-refractivity contribution in [2.24, 2.45) is 45.4 Å². The van der Waals surface area contributed by atoms with E-state index in [1.165, 1.54) is 32.1 Å². The number of nitrogens with zero attached hydrogens (tertiary/aromatic N) is 1. The lowest BCUT2D eigenvalue weighted by atomic mass is 9.45. The van der Waals surface area contributed by atoms with Crippen LogP contribution in [0.25, 0.3) is 0 Å². The standard InChI is InChI=1S/C21H34N2O2S/c1-20-8-3-2-4-17(20)18(23-25)12-14-15(20)7-9-21(13-26-11-10-22)16(14)5-6-19(21)24/h14-17,25H,2-13,22H2,1H3/b23-18+/t14-,15+,16+,17?,20-,21-/m1/s1. The maximum absolute atomic E-state index is 13.0. The second-order valence-corrected chi connectivity index (χ2v) is 10.6. The van der Waals surface area contributed by atoms with E-state index in [1.54, 1.807) is 0 Å². The van der Waals surface area contributed by atoms with E-state index < -0.39 is 0 Å². The zero-order chi connectivity index (χ0) is 18.4. The van der Waals surface area contributed by atoms with Gasteiger partial charge in [0.25, 0.3) is 0 Å². The van der Waals surface area contributed by atoms with Gasteiger partial charge >= 0.3 is 0 Å². The number of nitrogens with two attached hydrogens (primary N) is 1. The van der Waals surface area contributed by atoms with Crippen molar-refractivity contribution in [2.75, 3.05) is 18.1 Å². The molecule has 0 heterocycles. The molecule has 0 radical (unpaired) electrons. The summed E-state index contributed by atoms with van der Waals surface area (Å²) < 4.78 is 0. The second kappa shape index (κ2) is 7.12. The highest BCUT2D eigenvalue weighted by molar-refractivity contribution is 7.99. The van der Waals surface area contributed by atoms with E-state index in [2.05, 4.69) is 12.1 Å². The van der Waals surface area contributed by atoms with Crippen molar-refractivity contribution in [1.82, 2.24) is 0 Å². The Morgan fingerprint density at radius 3 is 2.85 bits per heavy atom.